The molecule has 0 atom stereocenters. The minimum atomic E-state index is -0.336. The molecule has 0 unspecified atom stereocenters. The molecule has 1 aliphatic rings. The van der Waals surface area contributed by atoms with Gasteiger partial charge >= 0.3 is 0 Å². The summed E-state index contributed by atoms with van der Waals surface area (Å²) in [6.07, 6.45) is 1.99. The van der Waals surface area contributed by atoms with Crippen LogP contribution in [0.4, 0.5) is 0 Å². The number of aryl methyl sites for hydroxylation is 1. The van der Waals surface area contributed by atoms with Gasteiger partial charge in [0.05, 0.1) is 5.39 Å². The number of hydrogen-bond acceptors (Lipinski definition) is 4. The highest BCUT2D eigenvalue weighted by Gasteiger charge is 2.23. The lowest BCUT2D eigenvalue weighted by molar-refractivity contribution is -0.132. The second kappa shape index (κ2) is 8.62. The van der Waals surface area contributed by atoms with Crippen LogP contribution in [-0.4, -0.2) is 30.5 Å². The van der Waals surface area contributed by atoms with E-state index >= 15 is 0 Å². The van der Waals surface area contributed by atoms with Crippen LogP contribution in [0.5, 0.6) is 5.75 Å². The fourth-order valence-electron chi connectivity index (χ4n) is 3.93. The summed E-state index contributed by atoms with van der Waals surface area (Å²) < 4.78 is 12.0. The lowest BCUT2D eigenvalue weighted by Crippen LogP contribution is -2.32. The van der Waals surface area contributed by atoms with Gasteiger partial charge in [0, 0.05) is 23.7 Å². The number of benzene rings is 2. The molecular weight excluding hydrogens is 426 g/mol. The van der Waals surface area contributed by atoms with Gasteiger partial charge in [-0.05, 0) is 48.4 Å². The van der Waals surface area contributed by atoms with E-state index in [1.54, 1.807) is 17.0 Å². The van der Waals surface area contributed by atoms with Gasteiger partial charge in [-0.3, -0.25) is 9.59 Å². The first-order chi connectivity index (χ1) is 15.1. The summed E-state index contributed by atoms with van der Waals surface area (Å²) in [7, 11) is 0. The van der Waals surface area contributed by atoms with Crippen LogP contribution < -0.4 is 10.2 Å². The van der Waals surface area contributed by atoms with E-state index in [0.29, 0.717) is 27.3 Å². The highest BCUT2D eigenvalue weighted by Crippen LogP contribution is 2.34. The number of carbonyl (C=O) groups is 1. The third-order valence-corrected chi connectivity index (χ3v) is 6.35. The number of likely N-dealkylation sites (tertiary alicyclic amines) is 1. The maximum atomic E-state index is 13.4. The molecule has 6 heteroatoms. The zero-order chi connectivity index (χ0) is 23.0. The number of carbonyl (C=O) groups excluding carboxylic acids is 1. The normalized spacial score (nSPS) is 14.2. The highest BCUT2D eigenvalue weighted by atomic mass is 35.5. The number of nitrogens with zero attached hydrogens (tertiary/aromatic N) is 1. The minimum absolute atomic E-state index is 0.00189. The van der Waals surface area contributed by atoms with Gasteiger partial charge < -0.3 is 14.1 Å². The Balaban J connectivity index is 1.80. The van der Waals surface area contributed by atoms with Crippen molar-refractivity contribution in [2.75, 3.05) is 19.7 Å². The van der Waals surface area contributed by atoms with Crippen LogP contribution in [0, 0.1) is 6.92 Å². The number of amides is 1. The third kappa shape index (κ3) is 4.40. The molecule has 1 amide bonds. The first kappa shape index (κ1) is 22.4. The molecule has 5 nitrogen and oxygen atoms in total. The van der Waals surface area contributed by atoms with Gasteiger partial charge in [-0.1, -0.05) is 56.6 Å². The topological polar surface area (TPSA) is 59.8 Å². The molecule has 0 aliphatic carbocycles. The summed E-state index contributed by atoms with van der Waals surface area (Å²) in [6, 6.07) is 11.2. The van der Waals surface area contributed by atoms with Crippen molar-refractivity contribution < 1.29 is 13.9 Å². The molecule has 168 valence electrons. The number of hydrogen-bond donors (Lipinski definition) is 0. The third-order valence-electron chi connectivity index (χ3n) is 5.94. The number of halogens is 1. The predicted molar refractivity (Wildman–Crippen MR) is 128 cm³/mol. The summed E-state index contributed by atoms with van der Waals surface area (Å²) in [5, 5.41) is 0.811. The molecule has 2 aromatic carbocycles. The number of rotatable bonds is 4. The van der Waals surface area contributed by atoms with Crippen LogP contribution >= 0.6 is 11.6 Å². The van der Waals surface area contributed by atoms with Gasteiger partial charge in [-0.2, -0.15) is 0 Å². The molecule has 0 spiro atoms. The quantitative estimate of drug-likeness (QED) is 0.506. The first-order valence-corrected chi connectivity index (χ1v) is 11.3. The first-order valence-electron chi connectivity index (χ1n) is 10.9. The lowest BCUT2D eigenvalue weighted by Gasteiger charge is -2.19. The Bertz CT molecular complexity index is 1220. The van der Waals surface area contributed by atoms with E-state index in [4.69, 9.17) is 20.8 Å². The SMILES string of the molecule is Cc1cc2oc(-c3ccc(C(C)(C)C)cc3)c(OCC(=O)N3CCCC3)c(=O)c2cc1Cl. The lowest BCUT2D eigenvalue weighted by atomic mass is 9.86. The van der Waals surface area contributed by atoms with Crippen molar-refractivity contribution in [2.24, 2.45) is 0 Å². The summed E-state index contributed by atoms with van der Waals surface area (Å²) >= 11 is 6.26. The van der Waals surface area contributed by atoms with E-state index in [2.05, 4.69) is 20.8 Å². The molecule has 4 rings (SSSR count). The van der Waals surface area contributed by atoms with Crippen LogP contribution in [0.1, 0.15) is 44.7 Å². The summed E-state index contributed by atoms with van der Waals surface area (Å²) in [6.45, 7) is 9.53. The van der Waals surface area contributed by atoms with E-state index in [1.165, 1.54) is 5.56 Å². The van der Waals surface area contributed by atoms with Crippen molar-refractivity contribution in [1.82, 2.24) is 4.90 Å². The number of ether oxygens (including phenoxy) is 1. The molecule has 1 aliphatic heterocycles. The van der Waals surface area contributed by atoms with Gasteiger partial charge in [-0.15, -0.1) is 0 Å². The number of fused-ring (bicyclic) bond motifs is 1. The van der Waals surface area contributed by atoms with Crippen molar-refractivity contribution in [3.63, 3.8) is 0 Å². The average Bonchev–Trinajstić information content (AvgIpc) is 3.29. The Kier molecular flexibility index (Phi) is 6.04. The van der Waals surface area contributed by atoms with Gasteiger partial charge in [0.2, 0.25) is 11.2 Å². The van der Waals surface area contributed by atoms with Gasteiger partial charge in [0.25, 0.3) is 5.91 Å². The van der Waals surface area contributed by atoms with E-state index in [-0.39, 0.29) is 29.1 Å². The second-order valence-corrected chi connectivity index (χ2v) is 9.80. The largest absolute Gasteiger partial charge is 0.476 e. The molecule has 0 saturated carbocycles. The van der Waals surface area contributed by atoms with E-state index < -0.39 is 0 Å². The Morgan fingerprint density at radius 2 is 1.78 bits per heavy atom. The molecule has 1 saturated heterocycles. The van der Waals surface area contributed by atoms with Crippen LogP contribution in [0.25, 0.3) is 22.3 Å². The van der Waals surface area contributed by atoms with Gasteiger partial charge in [0.15, 0.2) is 12.4 Å². The molecule has 3 aromatic rings. The fraction of sp³-hybridized carbons (Fsp3) is 0.385. The van der Waals surface area contributed by atoms with Crippen LogP contribution in [-0.2, 0) is 10.2 Å². The molecule has 1 aromatic heterocycles. The zero-order valence-corrected chi connectivity index (χ0v) is 19.7. The van der Waals surface area contributed by atoms with E-state index in [0.717, 1.165) is 31.5 Å². The zero-order valence-electron chi connectivity index (χ0n) is 19.0. The smallest absolute Gasteiger partial charge is 0.260 e. The van der Waals surface area contributed by atoms with Gasteiger partial charge in [0.1, 0.15) is 5.58 Å². The maximum Gasteiger partial charge on any atom is 0.260 e. The Labute approximate surface area is 192 Å². The molecule has 0 N–H and O–H groups in total. The van der Waals surface area contributed by atoms with E-state index in [9.17, 15) is 9.59 Å². The average molecular weight is 454 g/mol. The Morgan fingerprint density at radius 1 is 1.12 bits per heavy atom. The molecule has 2 heterocycles. The fourth-order valence-corrected chi connectivity index (χ4v) is 4.10. The Morgan fingerprint density at radius 3 is 2.41 bits per heavy atom. The van der Waals surface area contributed by atoms with Crippen molar-refractivity contribution in [2.45, 2.75) is 46.0 Å². The molecule has 1 fully saturated rings. The maximum absolute atomic E-state index is 13.4. The molecule has 0 bridgehead atoms. The second-order valence-electron chi connectivity index (χ2n) is 9.39. The van der Waals surface area contributed by atoms with Gasteiger partial charge in [-0.25, -0.2) is 0 Å². The van der Waals surface area contributed by atoms with Crippen LogP contribution in [0.2, 0.25) is 5.02 Å². The molecule has 32 heavy (non-hydrogen) atoms. The highest BCUT2D eigenvalue weighted by molar-refractivity contribution is 6.32. The van der Waals surface area contributed by atoms with Crippen molar-refractivity contribution in [3.05, 3.63) is 62.8 Å². The molecular formula is C26H28ClNO4. The van der Waals surface area contributed by atoms with Crippen molar-refractivity contribution in [1.29, 1.82) is 0 Å². The Hall–Kier alpha value is -2.79. The summed E-state index contributed by atoms with van der Waals surface area (Å²) in [5.41, 5.74) is 2.79. The van der Waals surface area contributed by atoms with Crippen molar-refractivity contribution >= 4 is 28.5 Å². The predicted octanol–water partition coefficient (Wildman–Crippen LogP) is 5.72. The minimum Gasteiger partial charge on any atom is -0.476 e. The summed E-state index contributed by atoms with van der Waals surface area (Å²) in [4.78, 5) is 27.7. The standard InChI is InChI=1S/C26H28ClNO4/c1-16-13-21-19(14-20(16)27)23(30)25(31-15-22(29)28-11-5-6-12-28)24(32-21)17-7-9-18(10-8-17)26(2,3)4/h7-10,13-14H,5-6,11-12,15H2,1-4H3. The summed E-state index contributed by atoms with van der Waals surface area (Å²) in [5.74, 6) is 0.227. The molecule has 0 radical (unpaired) electrons. The van der Waals surface area contributed by atoms with Crippen molar-refractivity contribution in [3.8, 4) is 17.1 Å². The monoisotopic (exact) mass is 453 g/mol. The van der Waals surface area contributed by atoms with Crippen LogP contribution in [0.15, 0.2) is 45.6 Å². The van der Waals surface area contributed by atoms with E-state index in [1.807, 2.05) is 31.2 Å². The van der Waals surface area contributed by atoms with Crippen LogP contribution in [0.3, 0.4) is 0 Å².